The molecule has 0 fully saturated rings. The minimum absolute atomic E-state index is 0.456. The Morgan fingerprint density at radius 3 is 2.00 bits per heavy atom. The first-order valence-electron chi connectivity index (χ1n) is 6.19. The molecule has 1 aromatic rings. The number of rotatable bonds is 7. The molecule has 0 radical (unpaired) electrons. The fourth-order valence-electron chi connectivity index (χ4n) is 1.96. The predicted molar refractivity (Wildman–Crippen MR) is 72.6 cm³/mol. The van der Waals surface area contributed by atoms with Gasteiger partial charge in [-0.1, -0.05) is 13.3 Å². The van der Waals surface area contributed by atoms with Gasteiger partial charge in [-0.3, -0.25) is 0 Å². The quantitative estimate of drug-likeness (QED) is 0.809. The zero-order valence-electron chi connectivity index (χ0n) is 11.7. The molecule has 1 atom stereocenters. The molecule has 0 bridgehead atoms. The summed E-state index contributed by atoms with van der Waals surface area (Å²) in [5, 5.41) is 0. The van der Waals surface area contributed by atoms with Crippen LogP contribution in [0.5, 0.6) is 17.2 Å². The van der Waals surface area contributed by atoms with Gasteiger partial charge in [0, 0.05) is 6.07 Å². The SMILES string of the molecule is CCC(CN)Cc1cc(OC)c(OC)cc1OC. The lowest BCUT2D eigenvalue weighted by Crippen LogP contribution is -2.16. The zero-order valence-corrected chi connectivity index (χ0v) is 11.7. The molecule has 1 rings (SSSR count). The molecule has 0 saturated carbocycles. The number of nitrogens with two attached hydrogens (primary N) is 1. The molecule has 0 spiro atoms. The summed E-state index contributed by atoms with van der Waals surface area (Å²) in [4.78, 5) is 0. The number of hydrogen-bond donors (Lipinski definition) is 1. The van der Waals surface area contributed by atoms with Crippen LogP contribution in [-0.4, -0.2) is 27.9 Å². The van der Waals surface area contributed by atoms with Crippen LogP contribution in [-0.2, 0) is 6.42 Å². The van der Waals surface area contributed by atoms with Gasteiger partial charge in [0.1, 0.15) is 5.75 Å². The van der Waals surface area contributed by atoms with Crippen molar-refractivity contribution in [2.75, 3.05) is 27.9 Å². The van der Waals surface area contributed by atoms with Crippen LogP contribution in [0.2, 0.25) is 0 Å². The minimum atomic E-state index is 0.456. The predicted octanol–water partition coefficient (Wildman–Crippen LogP) is 2.24. The maximum Gasteiger partial charge on any atom is 0.164 e. The topological polar surface area (TPSA) is 53.7 Å². The summed E-state index contributed by atoms with van der Waals surface area (Å²) in [5.41, 5.74) is 6.86. The molecule has 0 aliphatic carbocycles. The van der Waals surface area contributed by atoms with E-state index in [9.17, 15) is 0 Å². The molecule has 0 aliphatic heterocycles. The number of methoxy groups -OCH3 is 3. The van der Waals surface area contributed by atoms with Crippen LogP contribution in [0.3, 0.4) is 0 Å². The van der Waals surface area contributed by atoms with Gasteiger partial charge >= 0.3 is 0 Å². The van der Waals surface area contributed by atoms with E-state index >= 15 is 0 Å². The van der Waals surface area contributed by atoms with E-state index < -0.39 is 0 Å². The summed E-state index contributed by atoms with van der Waals surface area (Å²) >= 11 is 0. The maximum atomic E-state index is 5.75. The number of benzene rings is 1. The third-order valence-corrected chi connectivity index (χ3v) is 3.21. The van der Waals surface area contributed by atoms with Crippen LogP contribution in [0.4, 0.5) is 0 Å². The molecule has 2 N–H and O–H groups in total. The van der Waals surface area contributed by atoms with Gasteiger partial charge in [0.25, 0.3) is 0 Å². The Bertz CT molecular complexity index is 376. The van der Waals surface area contributed by atoms with Gasteiger partial charge in [0.05, 0.1) is 21.3 Å². The highest BCUT2D eigenvalue weighted by Gasteiger charge is 2.14. The van der Waals surface area contributed by atoms with Crippen LogP contribution in [0.15, 0.2) is 12.1 Å². The molecular formula is C14H23NO3. The lowest BCUT2D eigenvalue weighted by molar-refractivity contribution is 0.346. The van der Waals surface area contributed by atoms with E-state index in [0.29, 0.717) is 18.2 Å². The highest BCUT2D eigenvalue weighted by molar-refractivity contribution is 5.50. The van der Waals surface area contributed by atoms with E-state index in [1.165, 1.54) is 0 Å². The van der Waals surface area contributed by atoms with Crippen molar-refractivity contribution in [3.63, 3.8) is 0 Å². The molecule has 4 nitrogen and oxygen atoms in total. The van der Waals surface area contributed by atoms with E-state index in [-0.39, 0.29) is 0 Å². The van der Waals surface area contributed by atoms with Crippen molar-refractivity contribution in [1.82, 2.24) is 0 Å². The van der Waals surface area contributed by atoms with Crippen LogP contribution in [0.1, 0.15) is 18.9 Å². The molecule has 0 heterocycles. The summed E-state index contributed by atoms with van der Waals surface area (Å²) in [5.74, 6) is 2.68. The number of hydrogen-bond acceptors (Lipinski definition) is 4. The second-order valence-electron chi connectivity index (χ2n) is 4.23. The molecule has 0 amide bonds. The average molecular weight is 253 g/mol. The smallest absolute Gasteiger partial charge is 0.164 e. The normalized spacial score (nSPS) is 12.1. The summed E-state index contributed by atoms with van der Waals surface area (Å²) in [7, 11) is 4.91. The third kappa shape index (κ3) is 3.29. The summed E-state index contributed by atoms with van der Waals surface area (Å²) < 4.78 is 16.0. The van der Waals surface area contributed by atoms with Gasteiger partial charge in [-0.25, -0.2) is 0 Å². The molecular weight excluding hydrogens is 230 g/mol. The van der Waals surface area contributed by atoms with E-state index in [1.807, 2.05) is 12.1 Å². The summed E-state index contributed by atoms with van der Waals surface area (Å²) in [6.07, 6.45) is 1.94. The van der Waals surface area contributed by atoms with Crippen molar-refractivity contribution in [3.8, 4) is 17.2 Å². The van der Waals surface area contributed by atoms with E-state index in [4.69, 9.17) is 19.9 Å². The number of ether oxygens (including phenoxy) is 3. The lowest BCUT2D eigenvalue weighted by Gasteiger charge is -2.17. The van der Waals surface area contributed by atoms with Crippen LogP contribution in [0, 0.1) is 5.92 Å². The molecule has 0 saturated heterocycles. The first-order chi connectivity index (χ1) is 8.69. The standard InChI is InChI=1S/C14H23NO3/c1-5-10(9-15)6-11-7-13(17-3)14(18-4)8-12(11)16-2/h7-8,10H,5-6,9,15H2,1-4H3. The molecule has 1 aromatic carbocycles. The van der Waals surface area contributed by atoms with Crippen molar-refractivity contribution in [2.24, 2.45) is 11.7 Å². The monoisotopic (exact) mass is 253 g/mol. The van der Waals surface area contributed by atoms with Gasteiger partial charge in [0.15, 0.2) is 11.5 Å². The lowest BCUT2D eigenvalue weighted by atomic mass is 9.96. The van der Waals surface area contributed by atoms with Gasteiger partial charge in [-0.05, 0) is 30.5 Å². The van der Waals surface area contributed by atoms with E-state index in [0.717, 1.165) is 29.9 Å². The fraction of sp³-hybridized carbons (Fsp3) is 0.571. The van der Waals surface area contributed by atoms with Gasteiger partial charge in [-0.15, -0.1) is 0 Å². The fourth-order valence-corrected chi connectivity index (χ4v) is 1.96. The van der Waals surface area contributed by atoms with Gasteiger partial charge in [0.2, 0.25) is 0 Å². The Morgan fingerprint density at radius 1 is 1.00 bits per heavy atom. The molecule has 1 unspecified atom stereocenters. The summed E-state index contributed by atoms with van der Waals surface area (Å²) in [6, 6.07) is 3.83. The first kappa shape index (κ1) is 14.6. The van der Waals surface area contributed by atoms with Gasteiger partial charge in [-0.2, -0.15) is 0 Å². The Labute approximate surface area is 109 Å². The van der Waals surface area contributed by atoms with Crippen molar-refractivity contribution in [2.45, 2.75) is 19.8 Å². The Balaban J connectivity index is 3.08. The minimum Gasteiger partial charge on any atom is -0.496 e. The first-order valence-corrected chi connectivity index (χ1v) is 6.19. The average Bonchev–Trinajstić information content (AvgIpc) is 2.43. The summed E-state index contributed by atoms with van der Waals surface area (Å²) in [6.45, 7) is 2.82. The molecule has 0 aliphatic rings. The Hall–Kier alpha value is -1.42. The van der Waals surface area contributed by atoms with Crippen LogP contribution < -0.4 is 19.9 Å². The van der Waals surface area contributed by atoms with Crippen molar-refractivity contribution in [3.05, 3.63) is 17.7 Å². The second kappa shape index (κ2) is 7.11. The molecule has 102 valence electrons. The highest BCUT2D eigenvalue weighted by Crippen LogP contribution is 2.35. The zero-order chi connectivity index (χ0) is 13.5. The molecule has 0 aromatic heterocycles. The van der Waals surface area contributed by atoms with E-state index in [1.54, 1.807) is 21.3 Å². The van der Waals surface area contributed by atoms with Crippen molar-refractivity contribution >= 4 is 0 Å². The van der Waals surface area contributed by atoms with Crippen molar-refractivity contribution in [1.29, 1.82) is 0 Å². The van der Waals surface area contributed by atoms with E-state index in [2.05, 4.69) is 6.92 Å². The molecule has 4 heteroatoms. The van der Waals surface area contributed by atoms with Crippen LogP contribution in [0.25, 0.3) is 0 Å². The van der Waals surface area contributed by atoms with Gasteiger partial charge < -0.3 is 19.9 Å². The Morgan fingerprint density at radius 2 is 1.56 bits per heavy atom. The third-order valence-electron chi connectivity index (χ3n) is 3.21. The maximum absolute atomic E-state index is 5.75. The largest absolute Gasteiger partial charge is 0.496 e. The molecule has 18 heavy (non-hydrogen) atoms. The highest BCUT2D eigenvalue weighted by atomic mass is 16.5. The van der Waals surface area contributed by atoms with Crippen LogP contribution >= 0.6 is 0 Å². The van der Waals surface area contributed by atoms with Crippen molar-refractivity contribution < 1.29 is 14.2 Å². The second-order valence-corrected chi connectivity index (χ2v) is 4.23. The Kier molecular flexibility index (Phi) is 5.78.